The Bertz CT molecular complexity index is 927. The summed E-state index contributed by atoms with van der Waals surface area (Å²) in [6.45, 7) is 12.1. The molecule has 162 valence electrons. The van der Waals surface area contributed by atoms with Crippen molar-refractivity contribution in [1.82, 2.24) is 4.90 Å². The van der Waals surface area contributed by atoms with Gasteiger partial charge in [-0.15, -0.1) is 24.0 Å². The second-order valence-electron chi connectivity index (χ2n) is 9.75. The molecule has 0 N–H and O–H groups in total. The van der Waals surface area contributed by atoms with Gasteiger partial charge in [0.15, 0.2) is 11.6 Å². The molecule has 0 spiro atoms. The molecular formula is C25H31Cl2NO2. The zero-order valence-electron chi connectivity index (χ0n) is 18.4. The standard InChI is InChI=1S/C25H30ClNO2.ClH/c1-24(2,3)22(28)19-10-11-20-14-27(15-21(20)12-19)13-17-6-8-18(9-7-17)23(29)25(4,5)16-26;/h6-12H,13-16H2,1-5H3;1H. The maximum Gasteiger partial charge on any atom is 0.169 e. The average Bonchev–Trinajstić information content (AvgIpc) is 3.08. The molecule has 2 aromatic carbocycles. The van der Waals surface area contributed by atoms with E-state index >= 15 is 0 Å². The Balaban J connectivity index is 0.00000320. The van der Waals surface area contributed by atoms with E-state index in [4.69, 9.17) is 11.6 Å². The van der Waals surface area contributed by atoms with Crippen LogP contribution in [0.25, 0.3) is 0 Å². The van der Waals surface area contributed by atoms with Crippen molar-refractivity contribution in [3.63, 3.8) is 0 Å². The number of carbonyl (C=O) groups is 2. The van der Waals surface area contributed by atoms with Crippen molar-refractivity contribution in [2.75, 3.05) is 5.88 Å². The Morgan fingerprint density at radius 3 is 2.00 bits per heavy atom. The smallest absolute Gasteiger partial charge is 0.169 e. The van der Waals surface area contributed by atoms with Crippen LogP contribution in [-0.4, -0.2) is 22.3 Å². The Morgan fingerprint density at radius 1 is 0.867 bits per heavy atom. The van der Waals surface area contributed by atoms with Crippen LogP contribution in [0.5, 0.6) is 0 Å². The van der Waals surface area contributed by atoms with E-state index in [1.165, 1.54) is 16.7 Å². The van der Waals surface area contributed by atoms with Crippen molar-refractivity contribution in [1.29, 1.82) is 0 Å². The highest BCUT2D eigenvalue weighted by molar-refractivity contribution is 6.21. The molecule has 0 atom stereocenters. The van der Waals surface area contributed by atoms with Gasteiger partial charge in [-0.1, -0.05) is 71.0 Å². The molecule has 0 bridgehead atoms. The van der Waals surface area contributed by atoms with E-state index in [0.717, 1.165) is 25.2 Å². The summed E-state index contributed by atoms with van der Waals surface area (Å²) in [4.78, 5) is 27.5. The normalized spacial score (nSPS) is 14.2. The molecule has 5 heteroatoms. The van der Waals surface area contributed by atoms with Crippen LogP contribution in [0.2, 0.25) is 0 Å². The lowest BCUT2D eigenvalue weighted by atomic mass is 9.86. The number of rotatable bonds is 6. The van der Waals surface area contributed by atoms with E-state index in [1.54, 1.807) is 0 Å². The van der Waals surface area contributed by atoms with Crippen LogP contribution in [0.3, 0.4) is 0 Å². The maximum atomic E-state index is 12.6. The van der Waals surface area contributed by atoms with E-state index < -0.39 is 5.41 Å². The molecule has 0 radical (unpaired) electrons. The van der Waals surface area contributed by atoms with Crippen molar-refractivity contribution >= 4 is 35.6 Å². The number of hydrogen-bond donors (Lipinski definition) is 0. The molecule has 2 aromatic rings. The minimum Gasteiger partial charge on any atom is -0.294 e. The van der Waals surface area contributed by atoms with Gasteiger partial charge in [-0.2, -0.15) is 0 Å². The van der Waals surface area contributed by atoms with Gasteiger partial charge in [-0.25, -0.2) is 0 Å². The van der Waals surface area contributed by atoms with E-state index in [1.807, 2.05) is 65.0 Å². The minimum absolute atomic E-state index is 0. The average molecular weight is 448 g/mol. The molecule has 0 fully saturated rings. The predicted molar refractivity (Wildman–Crippen MR) is 126 cm³/mol. The highest BCUT2D eigenvalue weighted by Gasteiger charge is 2.28. The second kappa shape index (κ2) is 9.21. The summed E-state index contributed by atoms with van der Waals surface area (Å²) in [6.07, 6.45) is 0. The number of benzene rings is 2. The largest absolute Gasteiger partial charge is 0.294 e. The Kier molecular flexibility index (Phi) is 7.55. The first-order valence-electron chi connectivity index (χ1n) is 10.1. The first-order valence-corrected chi connectivity index (χ1v) is 10.6. The number of carbonyl (C=O) groups excluding carboxylic acids is 2. The van der Waals surface area contributed by atoms with Gasteiger partial charge >= 0.3 is 0 Å². The van der Waals surface area contributed by atoms with E-state index in [0.29, 0.717) is 11.4 Å². The van der Waals surface area contributed by atoms with Gasteiger partial charge in [-0.05, 0) is 22.8 Å². The number of nitrogens with zero attached hydrogens (tertiary/aromatic N) is 1. The van der Waals surface area contributed by atoms with E-state index in [2.05, 4.69) is 17.0 Å². The molecule has 30 heavy (non-hydrogen) atoms. The fourth-order valence-corrected chi connectivity index (χ4v) is 3.74. The summed E-state index contributed by atoms with van der Waals surface area (Å²) in [7, 11) is 0. The third-order valence-corrected chi connectivity index (χ3v) is 6.18. The molecule has 3 rings (SSSR count). The van der Waals surface area contributed by atoms with Gasteiger partial charge < -0.3 is 0 Å². The second-order valence-corrected chi connectivity index (χ2v) is 10.0. The highest BCUT2D eigenvalue weighted by atomic mass is 35.5. The molecule has 1 aliphatic rings. The fourth-order valence-electron chi connectivity index (χ4n) is 3.62. The number of halogens is 2. The lowest BCUT2D eigenvalue weighted by Gasteiger charge is -2.20. The summed E-state index contributed by atoms with van der Waals surface area (Å²) >= 11 is 5.93. The molecular weight excluding hydrogens is 417 g/mol. The predicted octanol–water partition coefficient (Wildman–Crippen LogP) is 6.30. The summed E-state index contributed by atoms with van der Waals surface area (Å²) in [5, 5.41) is 0. The summed E-state index contributed by atoms with van der Waals surface area (Å²) in [5.74, 6) is 0.557. The van der Waals surface area contributed by atoms with Crippen molar-refractivity contribution in [3.8, 4) is 0 Å². The fraction of sp³-hybridized carbons (Fsp3) is 0.440. The molecule has 0 saturated heterocycles. The summed E-state index contributed by atoms with van der Waals surface area (Å²) in [6, 6.07) is 13.9. The lowest BCUT2D eigenvalue weighted by Crippen LogP contribution is -2.26. The summed E-state index contributed by atoms with van der Waals surface area (Å²) in [5.41, 5.74) is 4.26. The number of ketones is 2. The summed E-state index contributed by atoms with van der Waals surface area (Å²) < 4.78 is 0. The third-order valence-electron chi connectivity index (χ3n) is 5.51. The van der Waals surface area contributed by atoms with Gasteiger partial charge in [0.05, 0.1) is 0 Å². The molecule has 1 heterocycles. The van der Waals surface area contributed by atoms with Crippen molar-refractivity contribution in [2.45, 2.75) is 54.3 Å². The van der Waals surface area contributed by atoms with Crippen LogP contribution in [0.15, 0.2) is 42.5 Å². The van der Waals surface area contributed by atoms with Gasteiger partial charge in [0.1, 0.15) is 0 Å². The molecule has 0 saturated carbocycles. The first-order chi connectivity index (χ1) is 13.5. The minimum atomic E-state index is -0.554. The Morgan fingerprint density at radius 2 is 1.43 bits per heavy atom. The van der Waals surface area contributed by atoms with Crippen LogP contribution in [0, 0.1) is 10.8 Å². The zero-order chi connectivity index (χ0) is 21.4. The van der Waals surface area contributed by atoms with Crippen molar-refractivity contribution < 1.29 is 9.59 Å². The monoisotopic (exact) mass is 447 g/mol. The van der Waals surface area contributed by atoms with Gasteiger partial charge in [0, 0.05) is 47.5 Å². The molecule has 0 aromatic heterocycles. The number of fused-ring (bicyclic) bond motifs is 1. The topological polar surface area (TPSA) is 37.4 Å². The molecule has 0 unspecified atom stereocenters. The SMILES string of the molecule is CC(C)(C)C(=O)c1ccc2c(c1)CN(Cc1ccc(C(=O)C(C)(C)CCl)cc1)C2.Cl. The third kappa shape index (κ3) is 5.32. The number of hydrogen-bond acceptors (Lipinski definition) is 3. The molecule has 0 aliphatic carbocycles. The zero-order valence-corrected chi connectivity index (χ0v) is 20.0. The van der Waals surface area contributed by atoms with Gasteiger partial charge in [-0.3, -0.25) is 14.5 Å². The quantitative estimate of drug-likeness (QED) is 0.384. The molecule has 3 nitrogen and oxygen atoms in total. The molecule has 0 amide bonds. The van der Waals surface area contributed by atoms with Gasteiger partial charge in [0.2, 0.25) is 0 Å². The van der Waals surface area contributed by atoms with E-state index in [-0.39, 0.29) is 29.4 Å². The maximum absolute atomic E-state index is 12.6. The van der Waals surface area contributed by atoms with Crippen LogP contribution in [-0.2, 0) is 19.6 Å². The number of Topliss-reactive ketones (excluding diaryl/α,β-unsaturated/α-hetero) is 2. The lowest BCUT2D eigenvalue weighted by molar-refractivity contribution is 0.0854. The van der Waals surface area contributed by atoms with Gasteiger partial charge in [0.25, 0.3) is 0 Å². The van der Waals surface area contributed by atoms with Crippen molar-refractivity contribution in [3.05, 3.63) is 70.3 Å². The highest BCUT2D eigenvalue weighted by Crippen LogP contribution is 2.29. The Labute approximate surface area is 191 Å². The van der Waals surface area contributed by atoms with E-state index in [9.17, 15) is 9.59 Å². The Hall–Kier alpha value is -1.68. The van der Waals surface area contributed by atoms with Crippen LogP contribution < -0.4 is 0 Å². The van der Waals surface area contributed by atoms with Crippen molar-refractivity contribution in [2.24, 2.45) is 10.8 Å². The first kappa shape index (κ1) is 24.6. The van der Waals surface area contributed by atoms with Crippen LogP contribution >= 0.6 is 24.0 Å². The molecule has 1 aliphatic heterocycles. The number of alkyl halides is 1. The van der Waals surface area contributed by atoms with Crippen LogP contribution in [0.1, 0.15) is 72.0 Å². The van der Waals surface area contributed by atoms with Crippen LogP contribution in [0.4, 0.5) is 0 Å².